The second kappa shape index (κ2) is 5.53. The van der Waals surface area contributed by atoms with E-state index < -0.39 is 0 Å². The summed E-state index contributed by atoms with van der Waals surface area (Å²) in [6, 6.07) is 6.28. The average molecular weight is 249 g/mol. The molecule has 96 valence electrons. The van der Waals surface area contributed by atoms with E-state index in [-0.39, 0.29) is 11.5 Å². The van der Waals surface area contributed by atoms with Crippen LogP contribution >= 0.6 is 0 Å². The molecule has 0 fully saturated rings. The summed E-state index contributed by atoms with van der Waals surface area (Å²) < 4.78 is 16.2. The van der Waals surface area contributed by atoms with Crippen LogP contribution in [0.4, 0.5) is 10.1 Å². The fourth-order valence-corrected chi connectivity index (χ4v) is 1.78. The predicted molar refractivity (Wildman–Crippen MR) is 69.3 cm³/mol. The van der Waals surface area contributed by atoms with Gasteiger partial charge in [0.15, 0.2) is 0 Å². The van der Waals surface area contributed by atoms with Crippen molar-refractivity contribution in [1.29, 1.82) is 0 Å². The van der Waals surface area contributed by atoms with E-state index in [0.29, 0.717) is 19.6 Å². The normalized spacial score (nSPS) is 10.6. The first-order valence-corrected chi connectivity index (χ1v) is 5.95. The average Bonchev–Trinajstić information content (AvgIpc) is 2.71. The van der Waals surface area contributed by atoms with Crippen LogP contribution in [0, 0.1) is 5.82 Å². The van der Waals surface area contributed by atoms with Gasteiger partial charge in [0.1, 0.15) is 5.82 Å². The number of anilines is 1. The molecule has 2 rings (SSSR count). The minimum absolute atomic E-state index is 0.0152. The van der Waals surface area contributed by atoms with Gasteiger partial charge in [-0.15, -0.1) is 0 Å². The van der Waals surface area contributed by atoms with Crippen LogP contribution in [0.25, 0.3) is 0 Å². The molecule has 0 saturated carbocycles. The van der Waals surface area contributed by atoms with E-state index in [0.717, 1.165) is 5.69 Å². The molecule has 2 aromatic rings. The lowest BCUT2D eigenvalue weighted by atomic mass is 10.3. The summed E-state index contributed by atoms with van der Waals surface area (Å²) in [6.45, 7) is 3.74. The molecular weight excluding hydrogens is 233 g/mol. The van der Waals surface area contributed by atoms with Crippen molar-refractivity contribution in [2.75, 3.05) is 11.9 Å². The summed E-state index contributed by atoms with van der Waals surface area (Å²) in [5, 5.41) is 3.08. The van der Waals surface area contributed by atoms with Crippen LogP contribution in [0.1, 0.15) is 6.92 Å². The Morgan fingerprint density at radius 2 is 2.06 bits per heavy atom. The zero-order chi connectivity index (χ0) is 13.0. The summed E-state index contributed by atoms with van der Waals surface area (Å²) in [6.07, 6.45) is 3.53. The Kier molecular flexibility index (Phi) is 3.82. The van der Waals surface area contributed by atoms with Crippen molar-refractivity contribution in [3.8, 4) is 0 Å². The fraction of sp³-hybridized carbons (Fsp3) is 0.308. The SMILES string of the molecule is CCn1ccn(CCNc2cccc(F)c2)c1=O. The zero-order valence-corrected chi connectivity index (χ0v) is 10.3. The van der Waals surface area contributed by atoms with Gasteiger partial charge in [0, 0.05) is 37.7 Å². The maximum Gasteiger partial charge on any atom is 0.328 e. The molecule has 1 N–H and O–H groups in total. The van der Waals surface area contributed by atoms with E-state index in [9.17, 15) is 9.18 Å². The lowest BCUT2D eigenvalue weighted by Crippen LogP contribution is -2.25. The van der Waals surface area contributed by atoms with Crippen molar-refractivity contribution in [2.24, 2.45) is 0 Å². The molecule has 5 heteroatoms. The Morgan fingerprint density at radius 1 is 1.28 bits per heavy atom. The lowest BCUT2D eigenvalue weighted by molar-refractivity contribution is 0.626. The van der Waals surface area contributed by atoms with E-state index >= 15 is 0 Å². The third-order valence-electron chi connectivity index (χ3n) is 2.77. The van der Waals surface area contributed by atoms with Gasteiger partial charge < -0.3 is 5.32 Å². The summed E-state index contributed by atoms with van der Waals surface area (Å²) in [7, 11) is 0. The Labute approximate surface area is 105 Å². The number of hydrogen-bond acceptors (Lipinski definition) is 2. The predicted octanol–water partition coefficient (Wildman–Crippen LogP) is 1.92. The van der Waals surface area contributed by atoms with Crippen molar-refractivity contribution >= 4 is 5.69 Å². The number of nitrogens with one attached hydrogen (secondary N) is 1. The van der Waals surface area contributed by atoms with Crippen LogP contribution in [0.15, 0.2) is 41.5 Å². The van der Waals surface area contributed by atoms with Crippen LogP contribution in [0.2, 0.25) is 0 Å². The zero-order valence-electron chi connectivity index (χ0n) is 10.3. The minimum atomic E-state index is -0.269. The number of rotatable bonds is 5. The van der Waals surface area contributed by atoms with Crippen molar-refractivity contribution in [2.45, 2.75) is 20.0 Å². The summed E-state index contributed by atoms with van der Waals surface area (Å²) >= 11 is 0. The second-order valence-corrected chi connectivity index (χ2v) is 4.00. The molecule has 0 spiro atoms. The fourth-order valence-electron chi connectivity index (χ4n) is 1.78. The molecule has 0 aliphatic heterocycles. The highest BCUT2D eigenvalue weighted by atomic mass is 19.1. The highest BCUT2D eigenvalue weighted by Gasteiger charge is 2.01. The molecule has 0 bridgehead atoms. The monoisotopic (exact) mass is 249 g/mol. The van der Waals surface area contributed by atoms with Gasteiger partial charge in [-0.25, -0.2) is 9.18 Å². The molecule has 0 aliphatic carbocycles. The van der Waals surface area contributed by atoms with Crippen LogP contribution in [-0.2, 0) is 13.1 Å². The van der Waals surface area contributed by atoms with Gasteiger partial charge in [-0.1, -0.05) is 6.07 Å². The Morgan fingerprint density at radius 3 is 2.72 bits per heavy atom. The topological polar surface area (TPSA) is 39.0 Å². The quantitative estimate of drug-likeness (QED) is 0.879. The molecule has 18 heavy (non-hydrogen) atoms. The standard InChI is InChI=1S/C13H16FN3O/c1-2-16-8-9-17(13(16)18)7-6-15-12-5-3-4-11(14)10-12/h3-5,8-10,15H,2,6-7H2,1H3. The Hall–Kier alpha value is -2.04. The van der Waals surface area contributed by atoms with Gasteiger partial charge in [-0.05, 0) is 25.1 Å². The number of aromatic nitrogens is 2. The smallest absolute Gasteiger partial charge is 0.328 e. The third-order valence-corrected chi connectivity index (χ3v) is 2.77. The maximum atomic E-state index is 12.9. The van der Waals surface area contributed by atoms with E-state index in [1.54, 1.807) is 33.7 Å². The molecular formula is C13H16FN3O. The summed E-state index contributed by atoms with van der Waals surface area (Å²) in [4.78, 5) is 11.7. The number of hydrogen-bond donors (Lipinski definition) is 1. The number of halogens is 1. The number of benzene rings is 1. The largest absolute Gasteiger partial charge is 0.383 e. The molecule has 1 aromatic carbocycles. The molecule has 0 atom stereocenters. The lowest BCUT2D eigenvalue weighted by Gasteiger charge is -2.06. The first-order valence-electron chi connectivity index (χ1n) is 5.95. The van der Waals surface area contributed by atoms with Crippen molar-refractivity contribution in [3.05, 3.63) is 53.0 Å². The van der Waals surface area contributed by atoms with Crippen LogP contribution in [0.3, 0.4) is 0 Å². The Bertz CT molecular complexity index is 574. The molecule has 0 aliphatic rings. The number of aryl methyl sites for hydroxylation is 1. The highest BCUT2D eigenvalue weighted by molar-refractivity contribution is 5.42. The van der Waals surface area contributed by atoms with Gasteiger partial charge in [0.25, 0.3) is 0 Å². The maximum absolute atomic E-state index is 12.9. The van der Waals surface area contributed by atoms with E-state index in [1.807, 2.05) is 6.92 Å². The van der Waals surface area contributed by atoms with Crippen LogP contribution < -0.4 is 11.0 Å². The van der Waals surface area contributed by atoms with Crippen LogP contribution in [0.5, 0.6) is 0 Å². The third kappa shape index (κ3) is 2.80. The van der Waals surface area contributed by atoms with E-state index in [4.69, 9.17) is 0 Å². The molecule has 1 aromatic heterocycles. The van der Waals surface area contributed by atoms with E-state index in [1.165, 1.54) is 12.1 Å². The second-order valence-electron chi connectivity index (χ2n) is 4.00. The molecule has 0 unspecified atom stereocenters. The van der Waals surface area contributed by atoms with E-state index in [2.05, 4.69) is 5.32 Å². The molecule has 1 heterocycles. The van der Waals surface area contributed by atoms with Crippen molar-refractivity contribution in [3.63, 3.8) is 0 Å². The van der Waals surface area contributed by atoms with Gasteiger partial charge in [-0.2, -0.15) is 0 Å². The first kappa shape index (κ1) is 12.4. The molecule has 0 saturated heterocycles. The summed E-state index contributed by atoms with van der Waals surface area (Å²) in [5.41, 5.74) is 0.705. The molecule has 0 amide bonds. The number of imidazole rings is 1. The van der Waals surface area contributed by atoms with Crippen molar-refractivity contribution < 1.29 is 4.39 Å². The van der Waals surface area contributed by atoms with Gasteiger partial charge in [0.2, 0.25) is 0 Å². The van der Waals surface area contributed by atoms with Gasteiger partial charge in [0.05, 0.1) is 0 Å². The van der Waals surface area contributed by atoms with Crippen molar-refractivity contribution in [1.82, 2.24) is 9.13 Å². The van der Waals surface area contributed by atoms with Crippen LogP contribution in [-0.4, -0.2) is 15.7 Å². The Balaban J connectivity index is 1.92. The first-order chi connectivity index (χ1) is 8.70. The van der Waals surface area contributed by atoms with Gasteiger partial charge in [-0.3, -0.25) is 9.13 Å². The molecule has 4 nitrogen and oxygen atoms in total. The minimum Gasteiger partial charge on any atom is -0.383 e. The summed E-state index contributed by atoms with van der Waals surface area (Å²) in [5.74, 6) is -0.269. The highest BCUT2D eigenvalue weighted by Crippen LogP contribution is 2.08. The number of nitrogens with zero attached hydrogens (tertiary/aromatic N) is 2. The van der Waals surface area contributed by atoms with Gasteiger partial charge >= 0.3 is 5.69 Å². The molecule has 0 radical (unpaired) electrons.